The van der Waals surface area contributed by atoms with E-state index in [9.17, 15) is 19.2 Å². The molecule has 7 rings (SSSR count). The van der Waals surface area contributed by atoms with Gasteiger partial charge in [-0.25, -0.2) is 9.59 Å². The Morgan fingerprint density at radius 3 is 1.59 bits per heavy atom. The molecule has 12 heteroatoms. The maximum absolute atomic E-state index is 12.0. The normalized spacial score (nSPS) is 15.7. The van der Waals surface area contributed by atoms with Gasteiger partial charge in [-0.1, -0.05) is 60.1 Å². The molecule has 4 aromatic rings. The fraction of sp³-hybridized carbons (Fsp3) is 0.391. The van der Waals surface area contributed by atoms with E-state index in [0.717, 1.165) is 69.5 Å². The predicted octanol–water partition coefficient (Wildman–Crippen LogP) is 8.58. The maximum Gasteiger partial charge on any atom is 0.494 e. The van der Waals surface area contributed by atoms with E-state index in [1.807, 2.05) is 114 Å². The highest BCUT2D eigenvalue weighted by atomic mass is 79.9. The number of hydrogen-bond donors (Lipinski definition) is 0. The first kappa shape index (κ1) is 44.3. The van der Waals surface area contributed by atoms with Gasteiger partial charge in [0.15, 0.2) is 0 Å². The van der Waals surface area contributed by atoms with E-state index in [2.05, 4.69) is 28.1 Å². The van der Waals surface area contributed by atoms with Crippen LogP contribution in [0, 0.1) is 13.8 Å². The Morgan fingerprint density at radius 2 is 1.10 bits per heavy atom. The van der Waals surface area contributed by atoms with Crippen LogP contribution in [0.2, 0.25) is 0 Å². The molecule has 3 aliphatic rings. The zero-order valence-corrected chi connectivity index (χ0v) is 36.9. The average Bonchev–Trinajstić information content (AvgIpc) is 3.89. The number of aryl methyl sites for hydroxylation is 2. The summed E-state index contributed by atoms with van der Waals surface area (Å²) in [6.07, 6.45) is 2.96. The third kappa shape index (κ3) is 9.57. The lowest BCUT2D eigenvalue weighted by Gasteiger charge is -2.32. The van der Waals surface area contributed by atoms with Crippen molar-refractivity contribution in [1.82, 2.24) is 0 Å². The minimum absolute atomic E-state index is 0.166. The summed E-state index contributed by atoms with van der Waals surface area (Å²) in [5.41, 5.74) is 9.79. The molecule has 0 bridgehead atoms. The highest BCUT2D eigenvalue weighted by Crippen LogP contribution is 2.37. The third-order valence-corrected chi connectivity index (χ3v) is 11.8. The number of rotatable bonds is 6. The Kier molecular flexibility index (Phi) is 14.1. The second-order valence-electron chi connectivity index (χ2n) is 15.6. The largest absolute Gasteiger partial charge is 0.494 e. The minimum atomic E-state index is -0.412. The van der Waals surface area contributed by atoms with Gasteiger partial charge >= 0.3 is 19.1 Å². The molecule has 58 heavy (non-hydrogen) atoms. The number of fused-ring (bicyclic) bond motifs is 2. The lowest BCUT2D eigenvalue weighted by molar-refractivity contribution is -0.119. The number of halogens is 1. The van der Waals surface area contributed by atoms with Gasteiger partial charge in [0, 0.05) is 41.8 Å². The van der Waals surface area contributed by atoms with E-state index in [-0.39, 0.29) is 35.0 Å². The number of carbonyl (C=O) groups excluding carboxylic acids is 4. The van der Waals surface area contributed by atoms with Crippen molar-refractivity contribution in [2.24, 2.45) is 0 Å². The van der Waals surface area contributed by atoms with Crippen LogP contribution in [0.3, 0.4) is 0 Å². The summed E-state index contributed by atoms with van der Waals surface area (Å²) >= 11 is 3.44. The summed E-state index contributed by atoms with van der Waals surface area (Å²) in [6, 6.07) is 23.5. The minimum Gasteiger partial charge on any atom is -0.465 e. The van der Waals surface area contributed by atoms with E-state index in [0.29, 0.717) is 24.0 Å². The molecule has 0 atom stereocenters. The first-order valence-electron chi connectivity index (χ1n) is 19.7. The monoisotopic (exact) mass is 852 g/mol. The summed E-state index contributed by atoms with van der Waals surface area (Å²) in [5.74, 6) is -0.268. The van der Waals surface area contributed by atoms with Gasteiger partial charge in [-0.3, -0.25) is 9.59 Å². The highest BCUT2D eigenvalue weighted by Gasteiger charge is 2.51. The van der Waals surface area contributed by atoms with Crippen LogP contribution in [0.4, 0.5) is 11.4 Å². The molecule has 4 aromatic carbocycles. The van der Waals surface area contributed by atoms with Crippen LogP contribution >= 0.6 is 15.9 Å². The summed E-state index contributed by atoms with van der Waals surface area (Å²) in [7, 11) is 2.36. The van der Waals surface area contributed by atoms with Gasteiger partial charge in [0.25, 0.3) is 0 Å². The van der Waals surface area contributed by atoms with Crippen molar-refractivity contribution in [2.45, 2.75) is 92.3 Å². The first-order valence-corrected chi connectivity index (χ1v) is 20.5. The molecule has 10 nitrogen and oxygen atoms in total. The van der Waals surface area contributed by atoms with Crippen LogP contribution < -0.4 is 15.3 Å². The molecule has 0 spiro atoms. The Morgan fingerprint density at radius 1 is 0.655 bits per heavy atom. The number of methoxy groups -OCH3 is 2. The Bertz CT molecular complexity index is 2190. The van der Waals surface area contributed by atoms with Crippen LogP contribution in [-0.2, 0) is 41.2 Å². The molecule has 3 aliphatic heterocycles. The highest BCUT2D eigenvalue weighted by molar-refractivity contribution is 9.10. The molecule has 1 saturated heterocycles. The molecule has 0 aliphatic carbocycles. The van der Waals surface area contributed by atoms with Gasteiger partial charge in [-0.05, 0) is 136 Å². The molecule has 0 radical (unpaired) electrons. The van der Waals surface area contributed by atoms with E-state index in [4.69, 9.17) is 18.8 Å². The zero-order chi connectivity index (χ0) is 42.5. The van der Waals surface area contributed by atoms with E-state index < -0.39 is 7.12 Å². The summed E-state index contributed by atoms with van der Waals surface area (Å²) in [4.78, 5) is 50.6. The van der Waals surface area contributed by atoms with Gasteiger partial charge in [-0.2, -0.15) is 0 Å². The predicted molar refractivity (Wildman–Crippen MR) is 233 cm³/mol. The second-order valence-corrected chi connectivity index (χ2v) is 16.5. The number of anilines is 2. The Hall–Kier alpha value is -4.78. The number of hydrogen-bond acceptors (Lipinski definition) is 8. The number of benzene rings is 4. The van der Waals surface area contributed by atoms with Crippen LogP contribution in [0.15, 0.2) is 77.3 Å². The van der Waals surface area contributed by atoms with Crippen LogP contribution in [0.25, 0.3) is 11.1 Å². The number of nitrogens with zero attached hydrogens (tertiary/aromatic N) is 2. The van der Waals surface area contributed by atoms with Crippen LogP contribution in [0.1, 0.15) is 97.4 Å². The number of amides is 2. The first-order chi connectivity index (χ1) is 27.4. The van der Waals surface area contributed by atoms with Crippen molar-refractivity contribution in [3.05, 3.63) is 111 Å². The summed E-state index contributed by atoms with van der Waals surface area (Å²) in [5, 5.41) is 0. The van der Waals surface area contributed by atoms with Gasteiger partial charge in [0.1, 0.15) is 0 Å². The molecule has 0 saturated carbocycles. The smallest absolute Gasteiger partial charge is 0.465 e. The van der Waals surface area contributed by atoms with Gasteiger partial charge in [0.2, 0.25) is 11.8 Å². The molecule has 2 amide bonds. The van der Waals surface area contributed by atoms with E-state index in [1.165, 1.54) is 25.3 Å². The van der Waals surface area contributed by atoms with Gasteiger partial charge in [-0.15, -0.1) is 0 Å². The third-order valence-electron chi connectivity index (χ3n) is 11.3. The standard InChI is InChI=1S/C20H21NO3.C15H21BO4.C11H12BrNO/c1-4-19(22)21-10-9-16-12-15(6-8-18(16)21)14-5-7-17(13(2)11-14)20(23)24-3;1-10-9-11(7-8-12(10)13(17)18-6)16-19-14(2,3)15(4,5)20-16;1-2-11(14)13-6-5-8-7-9(12)3-4-10(8)13/h5-8,11-12H,4,9-10H2,1-3H3;7-9H,1-6H3;3-4,7H,2,5-6H2,1H3. The van der Waals surface area contributed by atoms with Crippen molar-refractivity contribution in [1.29, 1.82) is 0 Å². The number of esters is 2. The van der Waals surface area contributed by atoms with Crippen molar-refractivity contribution >= 4 is 63.6 Å². The van der Waals surface area contributed by atoms with Gasteiger partial charge in [0.05, 0.1) is 36.5 Å². The summed E-state index contributed by atoms with van der Waals surface area (Å²) in [6.45, 7) is 17.2. The fourth-order valence-electron chi connectivity index (χ4n) is 7.19. The molecule has 1 fully saturated rings. The van der Waals surface area contributed by atoms with Crippen molar-refractivity contribution in [3.8, 4) is 11.1 Å². The molecule has 3 heterocycles. The molecular formula is C46H54BBrN2O8. The zero-order valence-electron chi connectivity index (χ0n) is 35.3. The second kappa shape index (κ2) is 18.4. The summed E-state index contributed by atoms with van der Waals surface area (Å²) < 4.78 is 22.6. The average molecular weight is 854 g/mol. The Balaban J connectivity index is 0.000000171. The van der Waals surface area contributed by atoms with Crippen LogP contribution in [-0.4, -0.2) is 69.4 Å². The number of carbonyl (C=O) groups is 4. The Labute approximate surface area is 351 Å². The topological polar surface area (TPSA) is 112 Å². The maximum atomic E-state index is 12.0. The quantitative estimate of drug-likeness (QED) is 0.140. The van der Waals surface area contributed by atoms with E-state index in [1.54, 1.807) is 12.1 Å². The molecule has 306 valence electrons. The van der Waals surface area contributed by atoms with Crippen molar-refractivity contribution in [3.63, 3.8) is 0 Å². The fourth-order valence-corrected chi connectivity index (χ4v) is 7.59. The van der Waals surface area contributed by atoms with Gasteiger partial charge < -0.3 is 28.6 Å². The lowest BCUT2D eigenvalue weighted by Crippen LogP contribution is -2.41. The van der Waals surface area contributed by atoms with Crippen molar-refractivity contribution in [2.75, 3.05) is 37.1 Å². The molecule has 0 aromatic heterocycles. The molecular weight excluding hydrogens is 799 g/mol. The molecule has 0 N–H and O–H groups in total. The SMILES string of the molecule is CCC(=O)N1CCc2cc(-c3ccc(C(=O)OC)c(C)c3)ccc21.CCC(=O)N1CCc2cc(Br)ccc21.COC(=O)c1ccc(B2OC(C)(C)C(C)(C)O2)cc1C. The lowest BCUT2D eigenvalue weighted by atomic mass is 9.78. The van der Waals surface area contributed by atoms with Crippen molar-refractivity contribution < 1.29 is 38.0 Å². The van der Waals surface area contributed by atoms with Crippen LogP contribution in [0.5, 0.6) is 0 Å². The van der Waals surface area contributed by atoms with E-state index >= 15 is 0 Å². The molecule has 0 unspecified atom stereocenters. The number of ether oxygens (including phenoxy) is 2.